The number of halogens is 2. The molecule has 0 aliphatic carbocycles. The topological polar surface area (TPSA) is 52.3 Å². The predicted octanol–water partition coefficient (Wildman–Crippen LogP) is 2.43. The molecule has 0 aliphatic rings. The highest BCUT2D eigenvalue weighted by Crippen LogP contribution is 2.23. The van der Waals surface area contributed by atoms with Crippen LogP contribution in [0.2, 0.25) is 5.02 Å². The van der Waals surface area contributed by atoms with E-state index >= 15 is 0 Å². The fraction of sp³-hybridized carbons (Fsp3) is 0.364. The second-order valence-corrected chi connectivity index (χ2v) is 3.67. The van der Waals surface area contributed by atoms with Crippen LogP contribution in [0.15, 0.2) is 18.2 Å². The van der Waals surface area contributed by atoms with Gasteiger partial charge in [0.05, 0.1) is 18.1 Å². The molecule has 1 aromatic rings. The molecule has 88 valence electrons. The first-order chi connectivity index (χ1) is 7.56. The van der Waals surface area contributed by atoms with Crippen molar-refractivity contribution < 1.29 is 13.9 Å². The highest BCUT2D eigenvalue weighted by atomic mass is 35.5. The van der Waals surface area contributed by atoms with Crippen molar-refractivity contribution in [3.05, 3.63) is 34.6 Å². The number of hydrogen-bond donors (Lipinski definition) is 1. The van der Waals surface area contributed by atoms with Crippen LogP contribution in [-0.2, 0) is 9.53 Å². The molecule has 0 spiro atoms. The van der Waals surface area contributed by atoms with E-state index in [0.29, 0.717) is 0 Å². The second kappa shape index (κ2) is 5.82. The van der Waals surface area contributed by atoms with Crippen LogP contribution in [0, 0.1) is 5.82 Å². The Morgan fingerprint density at radius 2 is 2.31 bits per heavy atom. The van der Waals surface area contributed by atoms with Gasteiger partial charge in [0.15, 0.2) is 0 Å². The van der Waals surface area contributed by atoms with E-state index in [1.165, 1.54) is 12.1 Å². The molecule has 0 unspecified atom stereocenters. The van der Waals surface area contributed by atoms with Crippen molar-refractivity contribution in [3.63, 3.8) is 0 Å². The van der Waals surface area contributed by atoms with E-state index in [-0.39, 0.29) is 23.6 Å². The fourth-order valence-electron chi connectivity index (χ4n) is 1.32. The number of carbonyl (C=O) groups excluding carboxylic acids is 1. The Morgan fingerprint density at radius 1 is 1.62 bits per heavy atom. The van der Waals surface area contributed by atoms with Crippen molar-refractivity contribution in [1.82, 2.24) is 0 Å². The molecule has 1 aromatic carbocycles. The van der Waals surface area contributed by atoms with Crippen LogP contribution in [0.5, 0.6) is 0 Å². The first-order valence-corrected chi connectivity index (χ1v) is 5.29. The van der Waals surface area contributed by atoms with Crippen LogP contribution in [0.4, 0.5) is 4.39 Å². The average molecular weight is 246 g/mol. The maximum Gasteiger partial charge on any atom is 0.307 e. The minimum Gasteiger partial charge on any atom is -0.466 e. The van der Waals surface area contributed by atoms with Crippen molar-refractivity contribution in [2.45, 2.75) is 19.4 Å². The van der Waals surface area contributed by atoms with Gasteiger partial charge >= 0.3 is 5.97 Å². The molecule has 0 bridgehead atoms. The molecule has 0 aliphatic heterocycles. The maximum atomic E-state index is 13.5. The average Bonchev–Trinajstić information content (AvgIpc) is 2.22. The third-order valence-electron chi connectivity index (χ3n) is 2.07. The molecular weight excluding hydrogens is 233 g/mol. The van der Waals surface area contributed by atoms with E-state index in [0.717, 1.165) is 0 Å². The van der Waals surface area contributed by atoms with Crippen molar-refractivity contribution in [1.29, 1.82) is 0 Å². The Kier molecular flexibility index (Phi) is 4.71. The molecule has 1 rings (SSSR count). The molecule has 16 heavy (non-hydrogen) atoms. The lowest BCUT2D eigenvalue weighted by Crippen LogP contribution is -2.18. The Balaban J connectivity index is 2.76. The van der Waals surface area contributed by atoms with E-state index < -0.39 is 17.8 Å². The monoisotopic (exact) mass is 245 g/mol. The number of carbonyl (C=O) groups is 1. The molecule has 0 saturated heterocycles. The summed E-state index contributed by atoms with van der Waals surface area (Å²) in [7, 11) is 0. The molecule has 2 N–H and O–H groups in total. The largest absolute Gasteiger partial charge is 0.466 e. The summed E-state index contributed by atoms with van der Waals surface area (Å²) in [5.41, 5.74) is 5.92. The zero-order valence-corrected chi connectivity index (χ0v) is 9.63. The molecule has 0 amide bonds. The van der Waals surface area contributed by atoms with E-state index in [1.807, 2.05) is 0 Å². The summed E-state index contributed by atoms with van der Waals surface area (Å²) in [4.78, 5) is 11.2. The summed E-state index contributed by atoms with van der Waals surface area (Å²) in [5, 5.41) is -0.00295. The summed E-state index contributed by atoms with van der Waals surface area (Å²) in [6.07, 6.45) is -0.0644. The summed E-state index contributed by atoms with van der Waals surface area (Å²) in [6.45, 7) is 1.98. The van der Waals surface area contributed by atoms with Gasteiger partial charge in [-0.15, -0.1) is 0 Å². The summed E-state index contributed by atoms with van der Waals surface area (Å²) >= 11 is 5.61. The lowest BCUT2D eigenvalue weighted by Gasteiger charge is -2.12. The molecule has 0 fully saturated rings. The van der Waals surface area contributed by atoms with Crippen LogP contribution in [0.3, 0.4) is 0 Å². The molecule has 0 saturated carbocycles. The quantitative estimate of drug-likeness (QED) is 0.829. The minimum atomic E-state index is -0.738. The number of benzene rings is 1. The van der Waals surface area contributed by atoms with Gasteiger partial charge in [-0.3, -0.25) is 4.79 Å². The molecule has 0 aromatic heterocycles. The van der Waals surface area contributed by atoms with Crippen LogP contribution < -0.4 is 5.73 Å². The van der Waals surface area contributed by atoms with E-state index in [2.05, 4.69) is 0 Å². The Labute approximate surface area is 98.3 Å². The minimum absolute atomic E-state index is 0.00295. The number of rotatable bonds is 4. The molecular formula is C11H13ClFNO2. The Morgan fingerprint density at radius 3 is 2.94 bits per heavy atom. The summed E-state index contributed by atoms with van der Waals surface area (Å²) < 4.78 is 18.3. The van der Waals surface area contributed by atoms with Gasteiger partial charge in [0, 0.05) is 11.6 Å². The molecule has 5 heteroatoms. The van der Waals surface area contributed by atoms with Crippen molar-refractivity contribution in [2.75, 3.05) is 6.61 Å². The number of nitrogens with two attached hydrogens (primary N) is 1. The zero-order valence-electron chi connectivity index (χ0n) is 8.87. The van der Waals surface area contributed by atoms with Crippen molar-refractivity contribution in [3.8, 4) is 0 Å². The van der Waals surface area contributed by atoms with Gasteiger partial charge in [0.2, 0.25) is 0 Å². The SMILES string of the molecule is CCOC(=O)C[C@H](N)c1cccc(Cl)c1F. The van der Waals surface area contributed by atoms with Gasteiger partial charge in [-0.2, -0.15) is 0 Å². The van der Waals surface area contributed by atoms with E-state index in [9.17, 15) is 9.18 Å². The van der Waals surface area contributed by atoms with Crippen LogP contribution >= 0.6 is 11.6 Å². The number of ether oxygens (including phenoxy) is 1. The van der Waals surface area contributed by atoms with Crippen LogP contribution in [0.25, 0.3) is 0 Å². The zero-order chi connectivity index (χ0) is 12.1. The highest BCUT2D eigenvalue weighted by molar-refractivity contribution is 6.30. The molecule has 0 radical (unpaired) electrons. The lowest BCUT2D eigenvalue weighted by atomic mass is 10.0. The van der Waals surface area contributed by atoms with Crippen molar-refractivity contribution >= 4 is 17.6 Å². The summed E-state index contributed by atoms with van der Waals surface area (Å²) in [6, 6.07) is 3.78. The number of esters is 1. The molecule has 3 nitrogen and oxygen atoms in total. The fourth-order valence-corrected chi connectivity index (χ4v) is 1.50. The van der Waals surface area contributed by atoms with Crippen molar-refractivity contribution in [2.24, 2.45) is 5.73 Å². The smallest absolute Gasteiger partial charge is 0.307 e. The van der Waals surface area contributed by atoms with Crippen LogP contribution in [-0.4, -0.2) is 12.6 Å². The van der Waals surface area contributed by atoms with Gasteiger partial charge in [0.1, 0.15) is 5.82 Å². The normalized spacial score (nSPS) is 12.2. The first kappa shape index (κ1) is 12.9. The second-order valence-electron chi connectivity index (χ2n) is 3.26. The Bertz CT molecular complexity index is 384. The van der Waals surface area contributed by atoms with E-state index in [4.69, 9.17) is 22.1 Å². The van der Waals surface area contributed by atoms with Gasteiger partial charge in [-0.25, -0.2) is 4.39 Å². The van der Waals surface area contributed by atoms with Gasteiger partial charge in [0.25, 0.3) is 0 Å². The lowest BCUT2D eigenvalue weighted by molar-refractivity contribution is -0.143. The standard InChI is InChI=1S/C11H13ClFNO2/c1-2-16-10(15)6-9(14)7-4-3-5-8(12)11(7)13/h3-5,9H,2,6,14H2,1H3/t9-/m0/s1. The Hall–Kier alpha value is -1.13. The third kappa shape index (κ3) is 3.18. The van der Waals surface area contributed by atoms with Crippen LogP contribution in [0.1, 0.15) is 24.9 Å². The number of hydrogen-bond acceptors (Lipinski definition) is 3. The summed E-state index contributed by atoms with van der Waals surface area (Å²) in [5.74, 6) is -1.03. The van der Waals surface area contributed by atoms with E-state index in [1.54, 1.807) is 13.0 Å². The molecule has 1 atom stereocenters. The maximum absolute atomic E-state index is 13.5. The predicted molar refractivity (Wildman–Crippen MR) is 59.6 cm³/mol. The first-order valence-electron chi connectivity index (χ1n) is 4.91. The van der Waals surface area contributed by atoms with Gasteiger partial charge in [-0.1, -0.05) is 23.7 Å². The third-order valence-corrected chi connectivity index (χ3v) is 2.36. The molecule has 0 heterocycles. The van der Waals surface area contributed by atoms with Gasteiger partial charge < -0.3 is 10.5 Å². The highest BCUT2D eigenvalue weighted by Gasteiger charge is 2.17. The van der Waals surface area contributed by atoms with Gasteiger partial charge in [-0.05, 0) is 13.0 Å².